The van der Waals surface area contributed by atoms with E-state index in [1.54, 1.807) is 0 Å². The maximum absolute atomic E-state index is 13.8. The van der Waals surface area contributed by atoms with E-state index in [4.69, 9.17) is 0 Å². The van der Waals surface area contributed by atoms with Gasteiger partial charge in [-0.05, 0) is 23.8 Å². The quantitative estimate of drug-likeness (QED) is 0.615. The molecule has 0 aliphatic heterocycles. The molecule has 0 radical (unpaired) electrons. The fourth-order valence-electron chi connectivity index (χ4n) is 2.71. The van der Waals surface area contributed by atoms with E-state index < -0.39 is 45.2 Å². The van der Waals surface area contributed by atoms with Crippen LogP contribution in [0.4, 0.5) is 17.6 Å². The minimum Gasteiger partial charge on any atom is -0.237 e. The number of alkyl halides is 3. The van der Waals surface area contributed by atoms with Crippen LogP contribution in [0.25, 0.3) is 5.65 Å². The molecule has 0 aliphatic carbocycles. The lowest BCUT2D eigenvalue weighted by molar-refractivity contribution is -0.173. The van der Waals surface area contributed by atoms with Crippen LogP contribution in [0.15, 0.2) is 53.8 Å². The highest BCUT2D eigenvalue weighted by Crippen LogP contribution is 2.40. The number of hydrogen-bond acceptors (Lipinski definition) is 4. The van der Waals surface area contributed by atoms with Crippen molar-refractivity contribution in [2.75, 3.05) is 6.54 Å². The Morgan fingerprint density at radius 3 is 2.44 bits per heavy atom. The molecule has 0 fully saturated rings. The number of nitrogens with zero attached hydrogens (tertiary/aromatic N) is 4. The first-order valence-electron chi connectivity index (χ1n) is 7.79. The van der Waals surface area contributed by atoms with Crippen molar-refractivity contribution in [1.82, 2.24) is 18.9 Å². The zero-order valence-electron chi connectivity index (χ0n) is 13.9. The van der Waals surface area contributed by atoms with Gasteiger partial charge in [0.2, 0.25) is 0 Å². The van der Waals surface area contributed by atoms with Crippen molar-refractivity contribution in [3.8, 4) is 0 Å². The van der Waals surface area contributed by atoms with Crippen molar-refractivity contribution in [1.29, 1.82) is 0 Å². The Balaban J connectivity index is 2.12. The summed E-state index contributed by atoms with van der Waals surface area (Å²) in [5.74, 6) is -0.725. The van der Waals surface area contributed by atoms with Gasteiger partial charge in [0.25, 0.3) is 10.0 Å². The van der Waals surface area contributed by atoms with E-state index >= 15 is 0 Å². The van der Waals surface area contributed by atoms with E-state index in [-0.39, 0.29) is 5.65 Å². The first-order chi connectivity index (χ1) is 12.6. The van der Waals surface area contributed by atoms with Gasteiger partial charge in [-0.2, -0.15) is 22.6 Å². The molecule has 2 heterocycles. The lowest BCUT2D eigenvalue weighted by atomic mass is 10.1. The molecular weight excluding hydrogens is 388 g/mol. The summed E-state index contributed by atoms with van der Waals surface area (Å²) in [6, 6.07) is 3.65. The molecule has 0 unspecified atom stereocenters. The van der Waals surface area contributed by atoms with Crippen LogP contribution < -0.4 is 0 Å². The van der Waals surface area contributed by atoms with E-state index in [1.165, 1.54) is 25.4 Å². The molecule has 0 N–H and O–H groups in total. The van der Waals surface area contributed by atoms with E-state index in [1.807, 2.05) is 0 Å². The molecule has 0 spiro atoms. The monoisotopic (exact) mass is 402 g/mol. The number of hydrogen-bond donors (Lipinski definition) is 0. The second-order valence-electron chi connectivity index (χ2n) is 5.61. The van der Waals surface area contributed by atoms with Crippen LogP contribution in [0.5, 0.6) is 0 Å². The van der Waals surface area contributed by atoms with Crippen LogP contribution >= 0.6 is 0 Å². The fourth-order valence-corrected chi connectivity index (χ4v) is 4.25. The summed E-state index contributed by atoms with van der Waals surface area (Å²) in [5, 5.41) is 3.27. The lowest BCUT2D eigenvalue weighted by Gasteiger charge is -2.31. The van der Waals surface area contributed by atoms with Gasteiger partial charge in [-0.3, -0.25) is 0 Å². The third-order valence-electron chi connectivity index (χ3n) is 3.88. The largest absolute Gasteiger partial charge is 0.409 e. The van der Waals surface area contributed by atoms with E-state index in [0.717, 1.165) is 34.8 Å². The normalized spacial score (nSPS) is 14.0. The Bertz CT molecular complexity index is 1020. The zero-order chi connectivity index (χ0) is 19.8. The summed E-state index contributed by atoms with van der Waals surface area (Å²) in [6.45, 7) is 0.818. The van der Waals surface area contributed by atoms with Crippen LogP contribution in [0, 0.1) is 5.82 Å². The molecule has 0 saturated carbocycles. The summed E-state index contributed by atoms with van der Waals surface area (Å²) < 4.78 is 81.6. The molecule has 0 saturated heterocycles. The second kappa shape index (κ2) is 6.89. The predicted molar refractivity (Wildman–Crippen MR) is 87.7 cm³/mol. The molecule has 0 amide bonds. The Kier molecular flexibility index (Phi) is 4.91. The van der Waals surface area contributed by atoms with Gasteiger partial charge in [0.1, 0.15) is 11.9 Å². The third-order valence-corrected chi connectivity index (χ3v) is 5.70. The van der Waals surface area contributed by atoms with Gasteiger partial charge in [0.05, 0.1) is 0 Å². The second-order valence-corrected chi connectivity index (χ2v) is 7.45. The molecule has 27 heavy (non-hydrogen) atoms. The molecule has 1 atom stereocenters. The summed E-state index contributed by atoms with van der Waals surface area (Å²) >= 11 is 0. The zero-order valence-corrected chi connectivity index (χ0v) is 14.7. The van der Waals surface area contributed by atoms with Crippen molar-refractivity contribution in [3.05, 3.63) is 60.2 Å². The molecule has 11 heteroatoms. The van der Waals surface area contributed by atoms with Gasteiger partial charge in [-0.1, -0.05) is 19.1 Å². The molecule has 2 aromatic heterocycles. The van der Waals surface area contributed by atoms with Crippen LogP contribution in [0.3, 0.4) is 0 Å². The molecule has 0 bridgehead atoms. The lowest BCUT2D eigenvalue weighted by Crippen LogP contribution is -2.42. The van der Waals surface area contributed by atoms with Crippen molar-refractivity contribution >= 4 is 15.7 Å². The summed E-state index contributed by atoms with van der Waals surface area (Å²) in [4.78, 5) is 3.92. The highest BCUT2D eigenvalue weighted by atomic mass is 32.2. The van der Waals surface area contributed by atoms with Crippen LogP contribution in [0.1, 0.15) is 18.5 Å². The van der Waals surface area contributed by atoms with Gasteiger partial charge >= 0.3 is 6.18 Å². The molecular formula is C16H14F4N4O2S. The van der Waals surface area contributed by atoms with Gasteiger partial charge in [0.15, 0.2) is 10.7 Å². The standard InChI is InChI=1S/C16H14F4N4O2S/c1-2-24(15(16(18,19)20)11-4-6-12(17)7-5-11)27(25,26)14-10-13-21-8-3-9-23(13)22-14/h3-10,15H,2H2,1H3/t15-/m1/s1. The molecule has 0 aliphatic rings. The molecule has 3 aromatic rings. The highest BCUT2D eigenvalue weighted by Gasteiger charge is 2.49. The van der Waals surface area contributed by atoms with Crippen molar-refractivity contribution < 1.29 is 26.0 Å². The number of aromatic nitrogens is 3. The average Bonchev–Trinajstić information content (AvgIpc) is 3.04. The summed E-state index contributed by atoms with van der Waals surface area (Å²) in [6.07, 6.45) is -2.08. The number of sulfonamides is 1. The van der Waals surface area contributed by atoms with Gasteiger partial charge in [0, 0.05) is 25.0 Å². The van der Waals surface area contributed by atoms with Crippen LogP contribution in [-0.2, 0) is 10.0 Å². The third kappa shape index (κ3) is 3.65. The maximum Gasteiger partial charge on any atom is 0.409 e. The minimum absolute atomic E-state index is 0.178. The first-order valence-corrected chi connectivity index (χ1v) is 9.23. The minimum atomic E-state index is -4.92. The van der Waals surface area contributed by atoms with Crippen molar-refractivity contribution in [3.63, 3.8) is 0 Å². The smallest absolute Gasteiger partial charge is 0.237 e. The molecule has 3 rings (SSSR count). The number of halogens is 4. The predicted octanol–water partition coefficient (Wildman–Crippen LogP) is 3.18. The Labute approximate surface area is 152 Å². The van der Waals surface area contributed by atoms with Crippen molar-refractivity contribution in [2.45, 2.75) is 24.2 Å². The average molecular weight is 402 g/mol. The van der Waals surface area contributed by atoms with Crippen LogP contribution in [0.2, 0.25) is 0 Å². The van der Waals surface area contributed by atoms with Gasteiger partial charge < -0.3 is 0 Å². The number of rotatable bonds is 5. The van der Waals surface area contributed by atoms with Crippen molar-refractivity contribution in [2.24, 2.45) is 0 Å². The topological polar surface area (TPSA) is 67.6 Å². The first kappa shape index (κ1) is 19.2. The van der Waals surface area contributed by atoms with E-state index in [9.17, 15) is 26.0 Å². The van der Waals surface area contributed by atoms with Gasteiger partial charge in [-0.25, -0.2) is 22.3 Å². The fraction of sp³-hybridized carbons (Fsp3) is 0.250. The van der Waals surface area contributed by atoms with Gasteiger partial charge in [-0.15, -0.1) is 0 Å². The summed E-state index contributed by atoms with van der Waals surface area (Å²) in [7, 11) is -4.61. The maximum atomic E-state index is 13.8. The summed E-state index contributed by atoms with van der Waals surface area (Å²) in [5.41, 5.74) is -0.214. The Morgan fingerprint density at radius 1 is 1.22 bits per heavy atom. The Hall–Kier alpha value is -2.53. The molecule has 6 nitrogen and oxygen atoms in total. The van der Waals surface area contributed by atoms with E-state index in [2.05, 4.69) is 10.1 Å². The highest BCUT2D eigenvalue weighted by molar-refractivity contribution is 7.89. The number of benzene rings is 1. The molecule has 144 valence electrons. The Morgan fingerprint density at radius 2 is 1.89 bits per heavy atom. The molecule has 1 aromatic carbocycles. The SMILES string of the molecule is CCN([C@H](c1ccc(F)cc1)C(F)(F)F)S(=O)(=O)c1cc2ncccn2n1. The number of fused-ring (bicyclic) bond motifs is 1. The van der Waals surface area contributed by atoms with Crippen LogP contribution in [-0.4, -0.2) is 40.0 Å². The van der Waals surface area contributed by atoms with E-state index in [0.29, 0.717) is 4.31 Å².